The summed E-state index contributed by atoms with van der Waals surface area (Å²) in [6.07, 6.45) is 2.46. The molecular weight excluding hydrogens is 310 g/mol. The molecule has 2 aromatic rings. The second kappa shape index (κ2) is 7.37. The molecule has 126 valence electrons. The summed E-state index contributed by atoms with van der Waals surface area (Å²) in [7, 11) is 0. The SMILES string of the molecule is O=c1c([N+](=O)[O-])cccn1-c1ccc(CCN2CCOCC2)cc1. The molecule has 0 unspecified atom stereocenters. The van der Waals surface area contributed by atoms with Crippen LogP contribution in [0.15, 0.2) is 47.4 Å². The molecular formula is C17H19N3O4. The third kappa shape index (κ3) is 3.69. The fraction of sp³-hybridized carbons (Fsp3) is 0.353. The van der Waals surface area contributed by atoms with Crippen LogP contribution in [-0.2, 0) is 11.2 Å². The van der Waals surface area contributed by atoms with E-state index in [1.54, 1.807) is 0 Å². The van der Waals surface area contributed by atoms with Crippen molar-refractivity contribution in [2.45, 2.75) is 6.42 Å². The number of morpholine rings is 1. The van der Waals surface area contributed by atoms with Gasteiger partial charge in [-0.1, -0.05) is 12.1 Å². The highest BCUT2D eigenvalue weighted by atomic mass is 16.6. The van der Waals surface area contributed by atoms with Crippen LogP contribution in [0.25, 0.3) is 5.69 Å². The number of pyridine rings is 1. The van der Waals surface area contributed by atoms with E-state index in [1.807, 2.05) is 24.3 Å². The van der Waals surface area contributed by atoms with Crippen LogP contribution in [0.3, 0.4) is 0 Å². The maximum atomic E-state index is 12.1. The molecule has 0 aliphatic carbocycles. The van der Waals surface area contributed by atoms with Gasteiger partial charge in [-0.3, -0.25) is 24.4 Å². The van der Waals surface area contributed by atoms with E-state index in [0.29, 0.717) is 5.69 Å². The summed E-state index contributed by atoms with van der Waals surface area (Å²) in [4.78, 5) is 24.7. The molecule has 1 aromatic carbocycles. The van der Waals surface area contributed by atoms with Crippen molar-refractivity contribution in [2.24, 2.45) is 0 Å². The first-order valence-electron chi connectivity index (χ1n) is 7.90. The lowest BCUT2D eigenvalue weighted by Gasteiger charge is -2.26. The van der Waals surface area contributed by atoms with E-state index < -0.39 is 16.2 Å². The zero-order chi connectivity index (χ0) is 16.9. The summed E-state index contributed by atoms with van der Waals surface area (Å²) < 4.78 is 6.63. The van der Waals surface area contributed by atoms with E-state index in [2.05, 4.69) is 4.90 Å². The van der Waals surface area contributed by atoms with Crippen molar-refractivity contribution >= 4 is 5.69 Å². The molecule has 1 fully saturated rings. The van der Waals surface area contributed by atoms with Crippen LogP contribution in [0.1, 0.15) is 5.56 Å². The fourth-order valence-corrected chi connectivity index (χ4v) is 2.76. The van der Waals surface area contributed by atoms with Gasteiger partial charge in [0.25, 0.3) is 0 Å². The molecule has 0 radical (unpaired) electrons. The van der Waals surface area contributed by atoms with Crippen LogP contribution < -0.4 is 5.56 Å². The highest BCUT2D eigenvalue weighted by Crippen LogP contribution is 2.11. The number of aromatic nitrogens is 1. The molecule has 1 aliphatic rings. The van der Waals surface area contributed by atoms with Gasteiger partial charge in [-0.15, -0.1) is 0 Å². The van der Waals surface area contributed by atoms with Crippen molar-refractivity contribution in [2.75, 3.05) is 32.8 Å². The van der Waals surface area contributed by atoms with Crippen LogP contribution in [0, 0.1) is 10.1 Å². The molecule has 0 N–H and O–H groups in total. The number of rotatable bonds is 5. The fourth-order valence-electron chi connectivity index (χ4n) is 2.76. The molecule has 0 atom stereocenters. The van der Waals surface area contributed by atoms with Gasteiger partial charge >= 0.3 is 11.2 Å². The van der Waals surface area contributed by atoms with Gasteiger partial charge in [-0.2, -0.15) is 0 Å². The number of ether oxygens (including phenoxy) is 1. The Morgan fingerprint density at radius 1 is 1.12 bits per heavy atom. The summed E-state index contributed by atoms with van der Waals surface area (Å²) in [5.74, 6) is 0. The monoisotopic (exact) mass is 329 g/mol. The Bertz CT molecular complexity index is 764. The first kappa shape index (κ1) is 16.4. The molecule has 0 saturated carbocycles. The molecule has 0 spiro atoms. The van der Waals surface area contributed by atoms with Gasteiger partial charge in [-0.25, -0.2) is 0 Å². The lowest BCUT2D eigenvalue weighted by molar-refractivity contribution is -0.386. The third-order valence-electron chi connectivity index (χ3n) is 4.16. The van der Waals surface area contributed by atoms with Crippen LogP contribution >= 0.6 is 0 Å². The summed E-state index contributed by atoms with van der Waals surface area (Å²) in [6.45, 7) is 4.46. The summed E-state index contributed by atoms with van der Waals surface area (Å²) in [6, 6.07) is 10.3. The lowest BCUT2D eigenvalue weighted by Crippen LogP contribution is -2.37. The average molecular weight is 329 g/mol. The highest BCUT2D eigenvalue weighted by molar-refractivity contribution is 5.38. The highest BCUT2D eigenvalue weighted by Gasteiger charge is 2.14. The van der Waals surface area contributed by atoms with Crippen LogP contribution in [0.2, 0.25) is 0 Å². The Balaban J connectivity index is 1.71. The van der Waals surface area contributed by atoms with E-state index in [0.717, 1.165) is 39.3 Å². The zero-order valence-electron chi connectivity index (χ0n) is 13.3. The Morgan fingerprint density at radius 2 is 1.83 bits per heavy atom. The number of hydrogen-bond acceptors (Lipinski definition) is 5. The van der Waals surface area contributed by atoms with Crippen molar-refractivity contribution in [3.05, 3.63) is 68.6 Å². The Kier molecular flexibility index (Phi) is 5.02. The van der Waals surface area contributed by atoms with Gasteiger partial charge in [0.2, 0.25) is 0 Å². The van der Waals surface area contributed by atoms with Crippen LogP contribution in [-0.4, -0.2) is 47.2 Å². The molecule has 24 heavy (non-hydrogen) atoms. The predicted molar refractivity (Wildman–Crippen MR) is 89.7 cm³/mol. The number of benzene rings is 1. The quantitative estimate of drug-likeness (QED) is 0.615. The molecule has 2 heterocycles. The lowest BCUT2D eigenvalue weighted by atomic mass is 10.1. The minimum atomic E-state index is -0.657. The third-order valence-corrected chi connectivity index (χ3v) is 4.16. The van der Waals surface area contributed by atoms with Crippen molar-refractivity contribution < 1.29 is 9.66 Å². The van der Waals surface area contributed by atoms with Crippen LogP contribution in [0.5, 0.6) is 0 Å². The summed E-state index contributed by atoms with van der Waals surface area (Å²) in [5.41, 5.74) is 0.750. The van der Waals surface area contributed by atoms with Gasteiger partial charge < -0.3 is 4.74 Å². The van der Waals surface area contributed by atoms with Gasteiger partial charge in [0.1, 0.15) is 0 Å². The average Bonchev–Trinajstić information content (AvgIpc) is 2.61. The van der Waals surface area contributed by atoms with E-state index >= 15 is 0 Å². The minimum absolute atomic E-state index is 0.422. The number of nitrogens with zero attached hydrogens (tertiary/aromatic N) is 3. The molecule has 0 bridgehead atoms. The standard InChI is InChI=1S/C17H19N3O4/c21-17-16(20(22)23)2-1-8-19(17)15-5-3-14(4-6-15)7-9-18-10-12-24-13-11-18/h1-6,8H,7,9-13H2. The Morgan fingerprint density at radius 3 is 2.50 bits per heavy atom. The second-order valence-electron chi connectivity index (χ2n) is 5.70. The minimum Gasteiger partial charge on any atom is -0.379 e. The Labute approximate surface area is 139 Å². The van der Waals surface area contributed by atoms with Gasteiger partial charge in [0, 0.05) is 37.6 Å². The largest absolute Gasteiger partial charge is 0.379 e. The summed E-state index contributed by atoms with van der Waals surface area (Å²) >= 11 is 0. The molecule has 7 heteroatoms. The topological polar surface area (TPSA) is 77.6 Å². The van der Waals surface area contributed by atoms with Crippen molar-refractivity contribution in [3.63, 3.8) is 0 Å². The maximum Gasteiger partial charge on any atom is 0.334 e. The van der Waals surface area contributed by atoms with Crippen LogP contribution in [0.4, 0.5) is 5.69 Å². The van der Waals surface area contributed by atoms with E-state index in [-0.39, 0.29) is 0 Å². The molecule has 1 aromatic heterocycles. The van der Waals surface area contributed by atoms with Gasteiger partial charge in [-0.05, 0) is 30.2 Å². The van der Waals surface area contributed by atoms with E-state index in [1.165, 1.54) is 28.5 Å². The normalized spacial score (nSPS) is 15.3. The van der Waals surface area contributed by atoms with E-state index in [4.69, 9.17) is 4.74 Å². The van der Waals surface area contributed by atoms with Crippen molar-refractivity contribution in [3.8, 4) is 5.69 Å². The predicted octanol–water partition coefficient (Wildman–Crippen LogP) is 1.62. The first-order valence-corrected chi connectivity index (χ1v) is 7.90. The molecule has 3 rings (SSSR count). The number of hydrogen-bond donors (Lipinski definition) is 0. The first-order chi connectivity index (χ1) is 11.6. The number of nitro groups is 1. The zero-order valence-corrected chi connectivity index (χ0v) is 13.3. The van der Waals surface area contributed by atoms with E-state index in [9.17, 15) is 14.9 Å². The van der Waals surface area contributed by atoms with Gasteiger partial charge in [0.05, 0.1) is 18.1 Å². The van der Waals surface area contributed by atoms with Crippen molar-refractivity contribution in [1.29, 1.82) is 0 Å². The second-order valence-corrected chi connectivity index (χ2v) is 5.70. The molecule has 7 nitrogen and oxygen atoms in total. The van der Waals surface area contributed by atoms with Crippen molar-refractivity contribution in [1.82, 2.24) is 9.47 Å². The smallest absolute Gasteiger partial charge is 0.334 e. The molecule has 1 saturated heterocycles. The Hall–Kier alpha value is -2.51. The van der Waals surface area contributed by atoms with Gasteiger partial charge in [0.15, 0.2) is 0 Å². The molecule has 1 aliphatic heterocycles. The summed E-state index contributed by atoms with van der Waals surface area (Å²) in [5, 5.41) is 10.9. The molecule has 0 amide bonds. The maximum absolute atomic E-state index is 12.1.